The van der Waals surface area contributed by atoms with Crippen molar-refractivity contribution >= 4 is 18.0 Å². The van der Waals surface area contributed by atoms with Gasteiger partial charge in [0.2, 0.25) is 5.89 Å². The number of oxazole rings is 1. The van der Waals surface area contributed by atoms with Crippen molar-refractivity contribution in [2.45, 2.75) is 97.8 Å². The first-order valence-electron chi connectivity index (χ1n) is 16.0. The molecule has 11 nitrogen and oxygen atoms in total. The third-order valence-electron chi connectivity index (χ3n) is 7.90. The molecule has 1 aromatic carbocycles. The van der Waals surface area contributed by atoms with Crippen LogP contribution in [0.5, 0.6) is 11.5 Å². The average Bonchev–Trinajstić information content (AvgIpc) is 3.69. The maximum absolute atomic E-state index is 13.6. The van der Waals surface area contributed by atoms with Crippen molar-refractivity contribution in [1.82, 2.24) is 15.6 Å². The van der Waals surface area contributed by atoms with Crippen molar-refractivity contribution in [3.8, 4) is 23.0 Å². The van der Waals surface area contributed by atoms with E-state index in [0.29, 0.717) is 37.7 Å². The van der Waals surface area contributed by atoms with E-state index in [1.807, 2.05) is 0 Å². The van der Waals surface area contributed by atoms with Gasteiger partial charge in [0.05, 0.1) is 19.3 Å². The van der Waals surface area contributed by atoms with E-state index in [1.54, 1.807) is 34.6 Å². The molecule has 4 rings (SSSR count). The lowest BCUT2D eigenvalue weighted by molar-refractivity contribution is -0.145. The highest BCUT2D eigenvalue weighted by Gasteiger charge is 2.31. The Hall–Kier alpha value is -3.90. The van der Waals surface area contributed by atoms with E-state index in [0.717, 1.165) is 38.5 Å². The van der Waals surface area contributed by atoms with Crippen LogP contribution in [0.4, 0.5) is 13.6 Å². The summed E-state index contributed by atoms with van der Waals surface area (Å²) in [5.41, 5.74) is -0.445. The number of ether oxygens (including phenoxy) is 4. The summed E-state index contributed by atoms with van der Waals surface area (Å²) < 4.78 is 53.2. The fraction of sp³-hybridized carbons (Fsp3) is 0.636. The van der Waals surface area contributed by atoms with Gasteiger partial charge < -0.3 is 34.0 Å². The Bertz CT molecular complexity index is 1350. The summed E-state index contributed by atoms with van der Waals surface area (Å²) in [5.74, 6) is -0.192. The minimum atomic E-state index is -3.04. The third-order valence-corrected chi connectivity index (χ3v) is 7.90. The number of carbonyl (C=O) groups excluding carboxylic acids is 3. The summed E-state index contributed by atoms with van der Waals surface area (Å²) in [6, 6.07) is 3.47. The number of esters is 1. The smallest absolute Gasteiger partial charge is 0.408 e. The van der Waals surface area contributed by atoms with Crippen LogP contribution in [0.25, 0.3) is 11.5 Å². The van der Waals surface area contributed by atoms with Gasteiger partial charge in [0.25, 0.3) is 5.91 Å². The summed E-state index contributed by atoms with van der Waals surface area (Å²) in [4.78, 5) is 42.9. The van der Waals surface area contributed by atoms with E-state index in [-0.39, 0.29) is 46.6 Å². The first-order chi connectivity index (χ1) is 21.8. The number of aromatic nitrogens is 1. The molecule has 0 radical (unpaired) electrons. The lowest BCUT2D eigenvalue weighted by Crippen LogP contribution is -2.37. The number of rotatable bonds is 14. The first-order valence-corrected chi connectivity index (χ1v) is 16.0. The van der Waals surface area contributed by atoms with Crippen LogP contribution in [0.2, 0.25) is 0 Å². The van der Waals surface area contributed by atoms with Gasteiger partial charge in [-0.3, -0.25) is 9.59 Å². The van der Waals surface area contributed by atoms with Crippen LogP contribution >= 0.6 is 0 Å². The fourth-order valence-corrected chi connectivity index (χ4v) is 5.46. The monoisotopic (exact) mass is 649 g/mol. The summed E-state index contributed by atoms with van der Waals surface area (Å²) in [7, 11) is 0. The number of hydrogen-bond acceptors (Lipinski definition) is 9. The van der Waals surface area contributed by atoms with Gasteiger partial charge in [-0.2, -0.15) is 8.78 Å². The number of carbonyl (C=O) groups is 3. The molecule has 2 amide bonds. The van der Waals surface area contributed by atoms with E-state index in [1.165, 1.54) is 18.2 Å². The maximum atomic E-state index is 13.6. The summed E-state index contributed by atoms with van der Waals surface area (Å²) in [6.45, 7) is 6.53. The van der Waals surface area contributed by atoms with Crippen LogP contribution in [0.3, 0.4) is 0 Å². The number of nitrogens with zero attached hydrogens (tertiary/aromatic N) is 1. The zero-order valence-corrected chi connectivity index (χ0v) is 27.2. The molecule has 2 saturated carbocycles. The number of alkyl carbamates (subject to hydrolysis) is 1. The molecular formula is C33H45F2N3O8. The number of nitrogens with one attached hydrogen (secondary N) is 2. The van der Waals surface area contributed by atoms with E-state index in [9.17, 15) is 23.2 Å². The average molecular weight is 650 g/mol. The predicted octanol–water partition coefficient (Wildman–Crippen LogP) is 6.81. The second-order valence-corrected chi connectivity index (χ2v) is 12.9. The van der Waals surface area contributed by atoms with Crippen LogP contribution < -0.4 is 20.1 Å². The van der Waals surface area contributed by atoms with Crippen molar-refractivity contribution in [2.24, 2.45) is 17.8 Å². The Labute approximate surface area is 268 Å². The predicted molar refractivity (Wildman–Crippen MR) is 164 cm³/mol. The number of hydrogen-bond donors (Lipinski definition) is 2. The number of halogens is 2. The van der Waals surface area contributed by atoms with Crippen molar-refractivity contribution in [2.75, 3.05) is 19.8 Å². The van der Waals surface area contributed by atoms with Crippen LogP contribution in [0.1, 0.15) is 102 Å². The summed E-state index contributed by atoms with van der Waals surface area (Å²) in [6.07, 6.45) is 5.30. The van der Waals surface area contributed by atoms with Gasteiger partial charge in [0.1, 0.15) is 5.60 Å². The standard InChI is InChI=1S/C33H45F2N3O8/c1-6-42-26(39)16-21-9-7-8-10-23(21)17-36-29(40)27-28(19(2)37-32(41)46-33(3,4)5)45-30(38-27)22-13-14-24(44-31(34)35)25(15-22)43-18-20-11-12-20/h13-15,19-21,23,31H,6-12,16-18H2,1-5H3,(H,36,40)(H,37,41)/t19?,21?,23-/m1/s1. The lowest BCUT2D eigenvalue weighted by atomic mass is 9.77. The molecule has 1 heterocycles. The molecule has 1 aromatic heterocycles. The molecule has 2 aromatic rings. The van der Waals surface area contributed by atoms with Crippen LogP contribution in [-0.4, -0.2) is 54.9 Å². The molecule has 46 heavy (non-hydrogen) atoms. The highest BCUT2D eigenvalue weighted by atomic mass is 19.3. The maximum Gasteiger partial charge on any atom is 0.408 e. The zero-order chi connectivity index (χ0) is 33.4. The summed E-state index contributed by atoms with van der Waals surface area (Å²) in [5, 5.41) is 5.64. The highest BCUT2D eigenvalue weighted by Crippen LogP contribution is 2.37. The molecule has 0 bridgehead atoms. The second kappa shape index (κ2) is 15.6. The molecule has 254 valence electrons. The van der Waals surface area contributed by atoms with E-state index >= 15 is 0 Å². The topological polar surface area (TPSA) is 138 Å². The van der Waals surface area contributed by atoms with E-state index < -0.39 is 30.3 Å². The largest absolute Gasteiger partial charge is 0.489 e. The Morgan fingerprint density at radius 1 is 1.07 bits per heavy atom. The number of alkyl halides is 2. The fourth-order valence-electron chi connectivity index (χ4n) is 5.46. The van der Waals surface area contributed by atoms with Gasteiger partial charge in [-0.25, -0.2) is 9.78 Å². The van der Waals surface area contributed by atoms with E-state index in [4.69, 9.17) is 18.6 Å². The molecule has 0 saturated heterocycles. The molecule has 13 heteroatoms. The van der Waals surface area contributed by atoms with Crippen LogP contribution in [0.15, 0.2) is 22.6 Å². The molecule has 0 aliphatic heterocycles. The zero-order valence-electron chi connectivity index (χ0n) is 27.2. The van der Waals surface area contributed by atoms with E-state index in [2.05, 4.69) is 20.4 Å². The quantitative estimate of drug-likeness (QED) is 0.212. The summed E-state index contributed by atoms with van der Waals surface area (Å²) >= 11 is 0. The van der Waals surface area contributed by atoms with Crippen molar-refractivity contribution < 1.29 is 46.5 Å². The highest BCUT2D eigenvalue weighted by molar-refractivity contribution is 5.94. The van der Waals surface area contributed by atoms with Crippen molar-refractivity contribution in [1.29, 1.82) is 0 Å². The number of benzene rings is 1. The minimum absolute atomic E-state index is 0.0238. The van der Waals surface area contributed by atoms with Gasteiger partial charge in [0.15, 0.2) is 23.0 Å². The molecule has 2 unspecified atom stereocenters. The van der Waals surface area contributed by atoms with Crippen molar-refractivity contribution in [3.05, 3.63) is 29.7 Å². The lowest BCUT2D eigenvalue weighted by Gasteiger charge is -2.31. The molecule has 0 spiro atoms. The Morgan fingerprint density at radius 3 is 2.43 bits per heavy atom. The second-order valence-electron chi connectivity index (χ2n) is 12.9. The normalized spacial score (nSPS) is 18.9. The Kier molecular flexibility index (Phi) is 11.9. The van der Waals surface area contributed by atoms with Gasteiger partial charge in [-0.15, -0.1) is 0 Å². The Balaban J connectivity index is 1.59. The van der Waals surface area contributed by atoms with Gasteiger partial charge in [-0.1, -0.05) is 12.8 Å². The minimum Gasteiger partial charge on any atom is -0.489 e. The van der Waals surface area contributed by atoms with Gasteiger partial charge in [0, 0.05) is 18.5 Å². The molecule has 2 N–H and O–H groups in total. The molecule has 2 aliphatic rings. The first kappa shape index (κ1) is 35.0. The third kappa shape index (κ3) is 10.3. The molecular weight excluding hydrogens is 604 g/mol. The molecule has 3 atom stereocenters. The number of amides is 2. The van der Waals surface area contributed by atoms with Gasteiger partial charge in [-0.05, 0) is 96.3 Å². The Morgan fingerprint density at radius 2 is 1.78 bits per heavy atom. The van der Waals surface area contributed by atoms with Crippen molar-refractivity contribution in [3.63, 3.8) is 0 Å². The van der Waals surface area contributed by atoms with Gasteiger partial charge >= 0.3 is 18.7 Å². The molecule has 2 aliphatic carbocycles. The molecule has 2 fully saturated rings. The van der Waals surface area contributed by atoms with Crippen LogP contribution in [0, 0.1) is 17.8 Å². The van der Waals surface area contributed by atoms with Crippen LogP contribution in [-0.2, 0) is 14.3 Å². The SMILES string of the molecule is CCOC(=O)CC1CCCC[C@@H]1CNC(=O)c1nc(-c2ccc(OC(F)F)c(OCC3CC3)c2)oc1C(C)NC(=O)OC(C)(C)C.